The van der Waals surface area contributed by atoms with Gasteiger partial charge in [-0.05, 0) is 43.9 Å². The number of benzene rings is 1. The third-order valence-corrected chi connectivity index (χ3v) is 5.87. The van der Waals surface area contributed by atoms with Crippen LogP contribution in [0.4, 0.5) is 13.2 Å². The summed E-state index contributed by atoms with van der Waals surface area (Å²) in [7, 11) is 0. The quantitative estimate of drug-likeness (QED) is 0.785. The Morgan fingerprint density at radius 2 is 1.74 bits per heavy atom. The Kier molecular flexibility index (Phi) is 4.82. The number of piperidine rings is 1. The normalized spacial score (nSPS) is 20.3. The number of carbonyl (C=O) groups excluding carboxylic acids is 1. The largest absolute Gasteiger partial charge is 0.416 e. The monoisotopic (exact) mass is 380 g/mol. The molecule has 0 bridgehead atoms. The molecule has 4 rings (SSSR count). The highest BCUT2D eigenvalue weighted by atomic mass is 19.4. The van der Waals surface area contributed by atoms with Crippen molar-refractivity contribution in [1.82, 2.24) is 19.9 Å². The lowest BCUT2D eigenvalue weighted by molar-refractivity contribution is -0.138. The van der Waals surface area contributed by atoms with Crippen LogP contribution in [0.2, 0.25) is 0 Å². The maximum atomic E-state index is 12.9. The van der Waals surface area contributed by atoms with E-state index >= 15 is 0 Å². The first-order valence-corrected chi connectivity index (χ1v) is 9.64. The highest BCUT2D eigenvalue weighted by Crippen LogP contribution is 2.33. The first-order valence-electron chi connectivity index (χ1n) is 9.64. The second-order valence-electron chi connectivity index (χ2n) is 7.63. The van der Waals surface area contributed by atoms with Crippen LogP contribution in [0.1, 0.15) is 56.6 Å². The Labute approximate surface area is 155 Å². The van der Waals surface area contributed by atoms with E-state index in [4.69, 9.17) is 0 Å². The summed E-state index contributed by atoms with van der Waals surface area (Å²) >= 11 is 0. The highest BCUT2D eigenvalue weighted by Gasteiger charge is 2.32. The van der Waals surface area contributed by atoms with Gasteiger partial charge in [0, 0.05) is 19.0 Å². The molecule has 1 aromatic carbocycles. The predicted octanol–water partition coefficient (Wildman–Crippen LogP) is 4.19. The van der Waals surface area contributed by atoms with E-state index in [0.717, 1.165) is 50.7 Å². The molecule has 1 aliphatic carbocycles. The SMILES string of the molecule is O=C(C1CCCCC1)N1CCC(n2nnc3cc(C(F)(F)F)ccc32)CC1. The third kappa shape index (κ3) is 3.66. The number of amides is 1. The Morgan fingerprint density at radius 3 is 2.41 bits per heavy atom. The fraction of sp³-hybridized carbons (Fsp3) is 0.632. The van der Waals surface area contributed by atoms with Crippen LogP contribution < -0.4 is 0 Å². The van der Waals surface area contributed by atoms with Crippen molar-refractivity contribution in [2.45, 2.75) is 57.2 Å². The number of likely N-dealkylation sites (tertiary alicyclic amines) is 1. The Bertz CT molecular complexity index is 818. The van der Waals surface area contributed by atoms with Crippen LogP contribution in [0.5, 0.6) is 0 Å². The molecular weight excluding hydrogens is 357 g/mol. The second kappa shape index (κ2) is 7.13. The minimum absolute atomic E-state index is 0.0575. The van der Waals surface area contributed by atoms with Crippen molar-refractivity contribution >= 4 is 16.9 Å². The zero-order valence-corrected chi connectivity index (χ0v) is 15.1. The van der Waals surface area contributed by atoms with Crippen LogP contribution in [0.25, 0.3) is 11.0 Å². The number of carbonyl (C=O) groups is 1. The molecule has 0 N–H and O–H groups in total. The van der Waals surface area contributed by atoms with Crippen molar-refractivity contribution in [2.75, 3.05) is 13.1 Å². The number of aromatic nitrogens is 3. The minimum Gasteiger partial charge on any atom is -0.342 e. The molecule has 5 nitrogen and oxygen atoms in total. The predicted molar refractivity (Wildman–Crippen MR) is 94.0 cm³/mol. The number of fused-ring (bicyclic) bond motifs is 1. The van der Waals surface area contributed by atoms with Gasteiger partial charge in [0.2, 0.25) is 5.91 Å². The number of alkyl halides is 3. The number of hydrogen-bond donors (Lipinski definition) is 0. The van der Waals surface area contributed by atoms with Gasteiger partial charge in [-0.1, -0.05) is 24.5 Å². The van der Waals surface area contributed by atoms with E-state index < -0.39 is 11.7 Å². The third-order valence-electron chi connectivity index (χ3n) is 5.87. The molecule has 1 saturated carbocycles. The molecule has 2 fully saturated rings. The van der Waals surface area contributed by atoms with Gasteiger partial charge in [0.05, 0.1) is 17.1 Å². The zero-order chi connectivity index (χ0) is 19.0. The highest BCUT2D eigenvalue weighted by molar-refractivity contribution is 5.79. The standard InChI is InChI=1S/C19H23F3N4O/c20-19(21,22)14-6-7-17-16(12-14)23-24-26(17)15-8-10-25(11-9-15)18(27)13-4-2-1-3-5-13/h6-7,12-13,15H,1-5,8-11H2. The van der Waals surface area contributed by atoms with Gasteiger partial charge >= 0.3 is 6.18 Å². The van der Waals surface area contributed by atoms with Crippen LogP contribution in [0.3, 0.4) is 0 Å². The van der Waals surface area contributed by atoms with Crippen molar-refractivity contribution < 1.29 is 18.0 Å². The average molecular weight is 380 g/mol. The van der Waals surface area contributed by atoms with Gasteiger partial charge in [-0.2, -0.15) is 13.2 Å². The lowest BCUT2D eigenvalue weighted by Crippen LogP contribution is -2.42. The smallest absolute Gasteiger partial charge is 0.342 e. The van der Waals surface area contributed by atoms with E-state index in [1.165, 1.54) is 12.5 Å². The number of nitrogens with zero attached hydrogens (tertiary/aromatic N) is 4. The molecule has 2 aromatic rings. The second-order valence-corrected chi connectivity index (χ2v) is 7.63. The fourth-order valence-electron chi connectivity index (χ4n) is 4.33. The van der Waals surface area contributed by atoms with Gasteiger partial charge in [-0.25, -0.2) is 4.68 Å². The van der Waals surface area contributed by atoms with Gasteiger partial charge in [0.1, 0.15) is 5.52 Å². The van der Waals surface area contributed by atoms with Gasteiger partial charge in [-0.3, -0.25) is 4.79 Å². The first-order chi connectivity index (χ1) is 12.9. The molecule has 2 aliphatic rings. The van der Waals surface area contributed by atoms with Crippen molar-refractivity contribution in [3.63, 3.8) is 0 Å². The van der Waals surface area contributed by atoms with E-state index in [-0.39, 0.29) is 23.4 Å². The Morgan fingerprint density at radius 1 is 1.04 bits per heavy atom. The molecule has 1 amide bonds. The summed E-state index contributed by atoms with van der Waals surface area (Å²) in [6.07, 6.45) is 2.59. The molecule has 146 valence electrons. The van der Waals surface area contributed by atoms with Crippen LogP contribution in [-0.2, 0) is 11.0 Å². The van der Waals surface area contributed by atoms with Gasteiger partial charge in [0.25, 0.3) is 0 Å². The summed E-state index contributed by atoms with van der Waals surface area (Å²) < 4.78 is 40.3. The van der Waals surface area contributed by atoms with Crippen molar-refractivity contribution in [3.8, 4) is 0 Å². The average Bonchev–Trinajstić information content (AvgIpc) is 3.11. The molecule has 1 aliphatic heterocycles. The summed E-state index contributed by atoms with van der Waals surface area (Å²) in [6.45, 7) is 1.34. The number of hydrogen-bond acceptors (Lipinski definition) is 3. The van der Waals surface area contributed by atoms with Crippen molar-refractivity contribution in [1.29, 1.82) is 0 Å². The van der Waals surface area contributed by atoms with Crippen molar-refractivity contribution in [3.05, 3.63) is 23.8 Å². The van der Waals surface area contributed by atoms with E-state index in [1.807, 2.05) is 4.90 Å². The fourth-order valence-corrected chi connectivity index (χ4v) is 4.33. The van der Waals surface area contributed by atoms with Crippen LogP contribution in [-0.4, -0.2) is 38.9 Å². The lowest BCUT2D eigenvalue weighted by Gasteiger charge is -2.35. The van der Waals surface area contributed by atoms with E-state index in [9.17, 15) is 18.0 Å². The molecule has 0 spiro atoms. The van der Waals surface area contributed by atoms with Crippen LogP contribution >= 0.6 is 0 Å². The zero-order valence-electron chi connectivity index (χ0n) is 15.1. The van der Waals surface area contributed by atoms with Gasteiger partial charge in [0.15, 0.2) is 0 Å². The van der Waals surface area contributed by atoms with Crippen LogP contribution in [0, 0.1) is 5.92 Å². The van der Waals surface area contributed by atoms with Gasteiger partial charge < -0.3 is 4.90 Å². The number of rotatable bonds is 2. The molecule has 0 unspecified atom stereocenters. The molecule has 0 radical (unpaired) electrons. The minimum atomic E-state index is -4.39. The summed E-state index contributed by atoms with van der Waals surface area (Å²) in [5.74, 6) is 0.440. The van der Waals surface area contributed by atoms with E-state index in [2.05, 4.69) is 10.3 Å². The molecule has 1 saturated heterocycles. The number of halogens is 3. The Balaban J connectivity index is 1.44. The summed E-state index contributed by atoms with van der Waals surface area (Å²) in [5.41, 5.74) is 0.153. The van der Waals surface area contributed by atoms with Crippen molar-refractivity contribution in [2.24, 2.45) is 5.92 Å². The Hall–Kier alpha value is -2.12. The van der Waals surface area contributed by atoms with Gasteiger partial charge in [-0.15, -0.1) is 5.10 Å². The molecule has 27 heavy (non-hydrogen) atoms. The summed E-state index contributed by atoms with van der Waals surface area (Å²) in [4.78, 5) is 14.6. The van der Waals surface area contributed by atoms with E-state index in [1.54, 1.807) is 4.68 Å². The van der Waals surface area contributed by atoms with Crippen LogP contribution in [0.15, 0.2) is 18.2 Å². The van der Waals surface area contributed by atoms with E-state index in [0.29, 0.717) is 18.6 Å². The molecular formula is C19H23F3N4O. The molecule has 0 atom stereocenters. The first kappa shape index (κ1) is 18.3. The topological polar surface area (TPSA) is 51.0 Å². The summed E-state index contributed by atoms with van der Waals surface area (Å²) in [6, 6.07) is 3.62. The maximum Gasteiger partial charge on any atom is 0.416 e. The molecule has 1 aromatic heterocycles. The lowest BCUT2D eigenvalue weighted by atomic mass is 9.87. The molecule has 2 heterocycles. The summed E-state index contributed by atoms with van der Waals surface area (Å²) in [5, 5.41) is 8.03. The maximum absolute atomic E-state index is 12.9. The molecule has 8 heteroatoms.